The zero-order valence-corrected chi connectivity index (χ0v) is 20.9. The molecule has 1 atom stereocenters. The molecule has 2 aromatic carbocycles. The number of aryl methyl sites for hydroxylation is 1. The Balaban J connectivity index is 1.64. The van der Waals surface area contributed by atoms with Crippen LogP contribution in [0.2, 0.25) is 5.02 Å². The number of nitriles is 1. The van der Waals surface area contributed by atoms with E-state index in [4.69, 9.17) is 11.6 Å². The van der Waals surface area contributed by atoms with E-state index in [1.54, 1.807) is 12.1 Å². The summed E-state index contributed by atoms with van der Waals surface area (Å²) in [6.07, 6.45) is 1.12. The normalized spacial score (nSPS) is 19.3. The quantitative estimate of drug-likeness (QED) is 0.529. The summed E-state index contributed by atoms with van der Waals surface area (Å²) in [5, 5.41) is 17.6. The van der Waals surface area contributed by atoms with Gasteiger partial charge in [0.05, 0.1) is 28.3 Å². The Morgan fingerprint density at radius 2 is 1.85 bits per heavy atom. The third-order valence-corrected chi connectivity index (χ3v) is 7.28. The van der Waals surface area contributed by atoms with Crippen LogP contribution in [0.3, 0.4) is 0 Å². The lowest BCUT2D eigenvalue weighted by atomic mass is 9.69. The maximum absolute atomic E-state index is 13.2. The molecule has 2 N–H and O–H groups in total. The second-order valence-corrected chi connectivity index (χ2v) is 10.9. The lowest BCUT2D eigenvalue weighted by Gasteiger charge is -2.39. The predicted octanol–water partition coefficient (Wildman–Crippen LogP) is 6.09. The number of amides is 1. The van der Waals surface area contributed by atoms with Crippen molar-refractivity contribution in [1.82, 2.24) is 5.32 Å². The minimum Gasteiger partial charge on any atom is -0.352 e. The number of benzene rings is 2. The molecule has 1 aliphatic carbocycles. The maximum atomic E-state index is 13.2. The van der Waals surface area contributed by atoms with Gasteiger partial charge in [-0.25, -0.2) is 0 Å². The predicted molar refractivity (Wildman–Crippen MR) is 137 cm³/mol. The van der Waals surface area contributed by atoms with Gasteiger partial charge in [0.2, 0.25) is 5.91 Å². The highest BCUT2D eigenvalue weighted by Crippen LogP contribution is 2.47. The molecule has 7 heteroatoms. The van der Waals surface area contributed by atoms with E-state index >= 15 is 0 Å². The zero-order valence-electron chi connectivity index (χ0n) is 19.4. The fraction of sp³-hybridized carbons (Fsp3) is 0.296. The summed E-state index contributed by atoms with van der Waals surface area (Å²) < 4.78 is 0. The summed E-state index contributed by atoms with van der Waals surface area (Å²) in [5.41, 5.74) is 4.42. The average Bonchev–Trinajstić information content (AvgIpc) is 2.78. The lowest BCUT2D eigenvalue weighted by molar-refractivity contribution is -0.118. The Morgan fingerprint density at radius 3 is 2.50 bits per heavy atom. The topological polar surface area (TPSA) is 82.0 Å². The number of carbonyl (C=O) groups excluding carboxylic acids is 2. The van der Waals surface area contributed by atoms with Crippen LogP contribution >= 0.6 is 23.4 Å². The molecule has 0 saturated heterocycles. The van der Waals surface area contributed by atoms with Crippen LogP contribution in [0.15, 0.2) is 70.4 Å². The van der Waals surface area contributed by atoms with Crippen molar-refractivity contribution in [2.75, 3.05) is 11.1 Å². The number of hydrogen-bond donors (Lipinski definition) is 2. The van der Waals surface area contributed by atoms with Crippen molar-refractivity contribution in [3.05, 3.63) is 86.6 Å². The van der Waals surface area contributed by atoms with E-state index in [1.807, 2.05) is 43.3 Å². The molecule has 0 bridgehead atoms. The number of allylic oxidation sites excluding steroid dienone is 3. The van der Waals surface area contributed by atoms with Gasteiger partial charge in [-0.3, -0.25) is 9.59 Å². The van der Waals surface area contributed by atoms with E-state index in [1.165, 1.54) is 11.8 Å². The van der Waals surface area contributed by atoms with Gasteiger partial charge < -0.3 is 10.6 Å². The lowest BCUT2D eigenvalue weighted by Crippen LogP contribution is -2.37. The van der Waals surface area contributed by atoms with Gasteiger partial charge in [-0.1, -0.05) is 67.0 Å². The fourth-order valence-electron chi connectivity index (χ4n) is 4.45. The number of hydrogen-bond acceptors (Lipinski definition) is 5. The SMILES string of the molecule is Cc1ccc(NC(=O)CSC2=C(C#N)[C@@H](c3ccc(Cl)cc3)C3=C(CC(C)(C)CC3=O)N2)cc1. The van der Waals surface area contributed by atoms with Gasteiger partial charge in [-0.15, -0.1) is 0 Å². The summed E-state index contributed by atoms with van der Waals surface area (Å²) in [7, 11) is 0. The third kappa shape index (κ3) is 5.22. The highest BCUT2D eigenvalue weighted by molar-refractivity contribution is 8.03. The van der Waals surface area contributed by atoms with Crippen molar-refractivity contribution in [1.29, 1.82) is 5.26 Å². The molecule has 0 unspecified atom stereocenters. The first-order valence-electron chi connectivity index (χ1n) is 11.1. The number of nitrogens with zero attached hydrogens (tertiary/aromatic N) is 1. The number of dihydropyridines is 1. The highest BCUT2D eigenvalue weighted by atomic mass is 35.5. The molecule has 34 heavy (non-hydrogen) atoms. The fourth-order valence-corrected chi connectivity index (χ4v) is 5.44. The molecular formula is C27H26ClN3O2S. The smallest absolute Gasteiger partial charge is 0.234 e. The van der Waals surface area contributed by atoms with E-state index in [-0.39, 0.29) is 22.9 Å². The van der Waals surface area contributed by atoms with Gasteiger partial charge in [0.1, 0.15) is 0 Å². The molecule has 0 aromatic heterocycles. The zero-order chi connectivity index (χ0) is 24.5. The number of Topliss-reactive ketones (excluding diaryl/α,β-unsaturated/α-hetero) is 1. The van der Waals surface area contributed by atoms with Crippen LogP contribution in [0.4, 0.5) is 5.69 Å². The molecule has 0 saturated carbocycles. The van der Waals surface area contributed by atoms with Crippen molar-refractivity contribution >= 4 is 40.7 Å². The summed E-state index contributed by atoms with van der Waals surface area (Å²) in [6, 6.07) is 17.2. The van der Waals surface area contributed by atoms with Crippen molar-refractivity contribution < 1.29 is 9.59 Å². The van der Waals surface area contributed by atoms with Gasteiger partial charge in [0.15, 0.2) is 5.78 Å². The Labute approximate surface area is 209 Å². The number of carbonyl (C=O) groups is 2. The van der Waals surface area contributed by atoms with Gasteiger partial charge in [-0.05, 0) is 48.6 Å². The van der Waals surface area contributed by atoms with E-state index in [2.05, 4.69) is 30.6 Å². The van der Waals surface area contributed by atoms with Crippen LogP contribution in [0, 0.1) is 23.7 Å². The van der Waals surface area contributed by atoms with Crippen molar-refractivity contribution in [2.45, 2.75) is 39.5 Å². The number of ketones is 1. The molecule has 0 radical (unpaired) electrons. The number of halogens is 1. The van der Waals surface area contributed by atoms with Crippen LogP contribution in [-0.4, -0.2) is 17.4 Å². The minimum atomic E-state index is -0.482. The molecular weight excluding hydrogens is 466 g/mol. The van der Waals surface area contributed by atoms with Crippen molar-refractivity contribution in [3.63, 3.8) is 0 Å². The Hall–Kier alpha value is -3.01. The van der Waals surface area contributed by atoms with E-state index < -0.39 is 5.92 Å². The largest absolute Gasteiger partial charge is 0.352 e. The molecule has 0 spiro atoms. The van der Waals surface area contributed by atoms with E-state index in [9.17, 15) is 14.9 Å². The molecule has 2 aromatic rings. The van der Waals surface area contributed by atoms with Gasteiger partial charge in [0.25, 0.3) is 0 Å². The molecule has 174 valence electrons. The van der Waals surface area contributed by atoms with Crippen LogP contribution in [0.1, 0.15) is 43.7 Å². The molecule has 1 aliphatic heterocycles. The number of anilines is 1. The standard InChI is InChI=1S/C27H26ClN3O2S/c1-16-4-10-19(11-5-16)30-23(33)15-34-26-20(14-29)24(17-6-8-18(28)9-7-17)25-21(31-26)12-27(2,3)13-22(25)32/h4-11,24,31H,12-13,15H2,1-3H3,(H,30,33)/t24-/m1/s1. The highest BCUT2D eigenvalue weighted by Gasteiger charge is 2.41. The Kier molecular flexibility index (Phi) is 6.88. The van der Waals surface area contributed by atoms with Crippen LogP contribution in [0.5, 0.6) is 0 Å². The summed E-state index contributed by atoms with van der Waals surface area (Å²) in [6.45, 7) is 6.13. The number of thioether (sulfide) groups is 1. The molecule has 1 amide bonds. The molecule has 4 rings (SSSR count). The van der Waals surface area contributed by atoms with Crippen molar-refractivity contribution in [2.24, 2.45) is 5.41 Å². The minimum absolute atomic E-state index is 0.0487. The van der Waals surface area contributed by atoms with Crippen LogP contribution in [-0.2, 0) is 9.59 Å². The first kappa shape index (κ1) is 24.1. The molecule has 0 fully saturated rings. The molecule has 2 aliphatic rings. The third-order valence-electron chi connectivity index (χ3n) is 6.01. The maximum Gasteiger partial charge on any atom is 0.234 e. The van der Waals surface area contributed by atoms with E-state index in [0.717, 1.165) is 22.5 Å². The molecule has 5 nitrogen and oxygen atoms in total. The number of nitrogens with one attached hydrogen (secondary N) is 2. The Bertz CT molecular complexity index is 1240. The van der Waals surface area contributed by atoms with Crippen LogP contribution in [0.25, 0.3) is 0 Å². The summed E-state index contributed by atoms with van der Waals surface area (Å²) >= 11 is 7.38. The second kappa shape index (κ2) is 9.69. The molecule has 1 heterocycles. The first-order chi connectivity index (χ1) is 16.2. The van der Waals surface area contributed by atoms with Gasteiger partial charge in [0, 0.05) is 28.4 Å². The first-order valence-corrected chi connectivity index (χ1v) is 12.5. The number of rotatable bonds is 5. The second-order valence-electron chi connectivity index (χ2n) is 9.50. The Morgan fingerprint density at radius 1 is 1.18 bits per heavy atom. The average molecular weight is 492 g/mol. The monoisotopic (exact) mass is 491 g/mol. The van der Waals surface area contributed by atoms with Crippen molar-refractivity contribution in [3.8, 4) is 6.07 Å². The summed E-state index contributed by atoms with van der Waals surface area (Å²) in [4.78, 5) is 25.8. The van der Waals surface area contributed by atoms with E-state index in [0.29, 0.717) is 34.0 Å². The van der Waals surface area contributed by atoms with Gasteiger partial charge >= 0.3 is 0 Å². The van der Waals surface area contributed by atoms with Gasteiger partial charge in [-0.2, -0.15) is 5.26 Å². The van der Waals surface area contributed by atoms with Crippen LogP contribution < -0.4 is 10.6 Å². The summed E-state index contributed by atoms with van der Waals surface area (Å²) in [5.74, 6) is -0.463.